The van der Waals surface area contributed by atoms with Gasteiger partial charge in [0.05, 0.1) is 35.2 Å². The molecule has 0 aliphatic carbocycles. The predicted molar refractivity (Wildman–Crippen MR) is 91.7 cm³/mol. The number of carbonyl (C=O) groups is 1. The number of hydroxylamine groups is 1. The van der Waals surface area contributed by atoms with E-state index in [1.54, 1.807) is 24.3 Å². The second-order valence-corrected chi connectivity index (χ2v) is 5.26. The zero-order valence-corrected chi connectivity index (χ0v) is 13.7. The first kappa shape index (κ1) is 18.9. The van der Waals surface area contributed by atoms with Gasteiger partial charge in [0.2, 0.25) is 0 Å². The van der Waals surface area contributed by atoms with E-state index in [9.17, 15) is 13.6 Å². The fourth-order valence-corrected chi connectivity index (χ4v) is 2.21. The zero-order chi connectivity index (χ0) is 18.4. The van der Waals surface area contributed by atoms with Gasteiger partial charge in [-0.05, 0) is 29.8 Å². The number of anilines is 2. The highest BCUT2D eigenvalue weighted by Gasteiger charge is 2.20. The molecule has 0 fully saturated rings. The fraction of sp³-hybridized carbons (Fsp3) is 0.118. The average molecular weight is 369 g/mol. The molecule has 0 aliphatic heterocycles. The van der Waals surface area contributed by atoms with Crippen LogP contribution in [-0.4, -0.2) is 24.2 Å². The third-order valence-corrected chi connectivity index (χ3v) is 3.50. The maximum atomic E-state index is 14.2. The van der Waals surface area contributed by atoms with E-state index in [2.05, 4.69) is 11.9 Å². The normalized spacial score (nSPS) is 10.4. The number of amides is 1. The van der Waals surface area contributed by atoms with Crippen LogP contribution in [0.2, 0.25) is 5.02 Å². The van der Waals surface area contributed by atoms with Gasteiger partial charge in [0, 0.05) is 0 Å². The van der Waals surface area contributed by atoms with Crippen molar-refractivity contribution >= 4 is 35.0 Å². The molecule has 0 saturated heterocycles. The van der Waals surface area contributed by atoms with E-state index < -0.39 is 23.2 Å². The second-order valence-electron chi connectivity index (χ2n) is 4.86. The average Bonchev–Trinajstić information content (AvgIpc) is 2.60. The highest BCUT2D eigenvalue weighted by Crippen LogP contribution is 2.31. The van der Waals surface area contributed by atoms with Gasteiger partial charge in [-0.2, -0.15) is 0 Å². The zero-order valence-electron chi connectivity index (χ0n) is 13.0. The van der Waals surface area contributed by atoms with Crippen LogP contribution < -0.4 is 10.8 Å². The number of hydrogen-bond donors (Lipinski definition) is 3. The van der Waals surface area contributed by atoms with Crippen LogP contribution >= 0.6 is 11.6 Å². The molecular weight excluding hydrogens is 354 g/mol. The molecule has 132 valence electrons. The maximum Gasteiger partial charge on any atom is 0.277 e. The van der Waals surface area contributed by atoms with Gasteiger partial charge in [-0.15, -0.1) is 0 Å². The molecule has 0 aliphatic rings. The van der Waals surface area contributed by atoms with Crippen molar-refractivity contribution in [2.45, 2.75) is 0 Å². The first-order valence-corrected chi connectivity index (χ1v) is 7.55. The molecule has 0 spiro atoms. The minimum atomic E-state index is -1.24. The van der Waals surface area contributed by atoms with Crippen molar-refractivity contribution in [3.8, 4) is 0 Å². The van der Waals surface area contributed by atoms with Crippen molar-refractivity contribution in [1.82, 2.24) is 5.48 Å². The van der Waals surface area contributed by atoms with Crippen LogP contribution in [0.4, 0.5) is 20.2 Å². The molecule has 2 aromatic carbocycles. The molecule has 0 atom stereocenters. The Kier molecular flexibility index (Phi) is 6.46. The third kappa shape index (κ3) is 4.54. The number of halogens is 3. The van der Waals surface area contributed by atoms with Crippen LogP contribution in [-0.2, 0) is 4.84 Å². The summed E-state index contributed by atoms with van der Waals surface area (Å²) in [7, 11) is 0. The molecule has 0 unspecified atom stereocenters. The van der Waals surface area contributed by atoms with Crippen LogP contribution in [0, 0.1) is 11.6 Å². The Balaban J connectivity index is 2.37. The van der Waals surface area contributed by atoms with Crippen molar-refractivity contribution in [2.24, 2.45) is 0 Å². The predicted octanol–water partition coefficient (Wildman–Crippen LogP) is 3.66. The SMILES string of the molecule is C=Cc1ccc(Nc2c(C(=O)NOCCO)ccc(F)c2F)c(Cl)c1. The van der Waals surface area contributed by atoms with Gasteiger partial charge in [0.15, 0.2) is 11.6 Å². The number of hydrogen-bond acceptors (Lipinski definition) is 4. The highest BCUT2D eigenvalue weighted by molar-refractivity contribution is 6.33. The van der Waals surface area contributed by atoms with Crippen molar-refractivity contribution in [3.63, 3.8) is 0 Å². The molecule has 0 radical (unpaired) electrons. The highest BCUT2D eigenvalue weighted by atomic mass is 35.5. The molecule has 0 bridgehead atoms. The Hall–Kier alpha value is -2.48. The summed E-state index contributed by atoms with van der Waals surface area (Å²) in [6, 6.07) is 6.72. The minimum Gasteiger partial charge on any atom is -0.394 e. The van der Waals surface area contributed by atoms with Crippen LogP contribution in [0.15, 0.2) is 36.9 Å². The Bertz CT molecular complexity index is 800. The van der Waals surface area contributed by atoms with E-state index in [1.165, 1.54) is 0 Å². The van der Waals surface area contributed by atoms with E-state index in [-0.39, 0.29) is 29.5 Å². The standard InChI is InChI=1S/C17H15ClF2N2O3/c1-2-10-3-6-14(12(18)9-10)21-16-11(4-5-13(19)15(16)20)17(24)22-25-8-7-23/h2-6,9,21,23H,1,7-8H2,(H,22,24). The van der Waals surface area contributed by atoms with Gasteiger partial charge in [-0.1, -0.05) is 30.3 Å². The van der Waals surface area contributed by atoms with Crippen LogP contribution in [0.25, 0.3) is 6.08 Å². The summed E-state index contributed by atoms with van der Waals surface area (Å²) < 4.78 is 27.8. The van der Waals surface area contributed by atoms with Crippen LogP contribution in [0.3, 0.4) is 0 Å². The molecule has 5 nitrogen and oxygen atoms in total. The Morgan fingerprint density at radius 2 is 2.08 bits per heavy atom. The summed E-state index contributed by atoms with van der Waals surface area (Å²) in [5.74, 6) is -3.18. The topological polar surface area (TPSA) is 70.6 Å². The lowest BCUT2D eigenvalue weighted by molar-refractivity contribution is 0.0168. The molecule has 0 aromatic heterocycles. The number of nitrogens with one attached hydrogen (secondary N) is 2. The van der Waals surface area contributed by atoms with Gasteiger partial charge in [0.25, 0.3) is 5.91 Å². The Morgan fingerprint density at radius 1 is 1.32 bits per heavy atom. The summed E-state index contributed by atoms with van der Waals surface area (Å²) >= 11 is 6.11. The summed E-state index contributed by atoms with van der Waals surface area (Å²) in [6.07, 6.45) is 1.58. The molecule has 25 heavy (non-hydrogen) atoms. The molecule has 0 saturated carbocycles. The fourth-order valence-electron chi connectivity index (χ4n) is 1.97. The quantitative estimate of drug-likeness (QED) is 0.515. The van der Waals surface area contributed by atoms with E-state index >= 15 is 0 Å². The van der Waals surface area contributed by atoms with Crippen LogP contribution in [0.1, 0.15) is 15.9 Å². The van der Waals surface area contributed by atoms with Crippen LogP contribution in [0.5, 0.6) is 0 Å². The number of aliphatic hydroxyl groups excluding tert-OH is 1. The van der Waals surface area contributed by atoms with Crippen molar-refractivity contribution in [3.05, 3.63) is 64.7 Å². The van der Waals surface area contributed by atoms with E-state index in [0.29, 0.717) is 0 Å². The maximum absolute atomic E-state index is 14.2. The third-order valence-electron chi connectivity index (χ3n) is 3.19. The number of aliphatic hydroxyl groups is 1. The summed E-state index contributed by atoms with van der Waals surface area (Å²) in [5, 5.41) is 11.5. The molecule has 1 amide bonds. The number of carbonyl (C=O) groups excluding carboxylic acids is 1. The van der Waals surface area contributed by atoms with E-state index in [4.69, 9.17) is 21.5 Å². The molecular formula is C17H15ClF2N2O3. The lowest BCUT2D eigenvalue weighted by Crippen LogP contribution is -2.26. The van der Waals surface area contributed by atoms with Crippen molar-refractivity contribution in [2.75, 3.05) is 18.5 Å². The van der Waals surface area contributed by atoms with E-state index in [0.717, 1.165) is 17.7 Å². The molecule has 2 rings (SSSR count). The summed E-state index contributed by atoms with van der Waals surface area (Å²) in [4.78, 5) is 16.8. The lowest BCUT2D eigenvalue weighted by Gasteiger charge is -2.15. The van der Waals surface area contributed by atoms with E-state index in [1.807, 2.05) is 5.48 Å². The summed E-state index contributed by atoms with van der Waals surface area (Å²) in [5.41, 5.74) is 2.47. The molecule has 2 aromatic rings. The summed E-state index contributed by atoms with van der Waals surface area (Å²) in [6.45, 7) is 3.15. The van der Waals surface area contributed by atoms with Crippen molar-refractivity contribution < 1.29 is 23.5 Å². The molecule has 3 N–H and O–H groups in total. The Morgan fingerprint density at radius 3 is 2.72 bits per heavy atom. The minimum absolute atomic E-state index is 0.146. The van der Waals surface area contributed by atoms with Gasteiger partial charge < -0.3 is 10.4 Å². The van der Waals surface area contributed by atoms with Gasteiger partial charge in [-0.25, -0.2) is 14.3 Å². The first-order chi connectivity index (χ1) is 12.0. The first-order valence-electron chi connectivity index (χ1n) is 7.18. The molecule has 0 heterocycles. The van der Waals surface area contributed by atoms with Gasteiger partial charge in [0.1, 0.15) is 0 Å². The monoisotopic (exact) mass is 368 g/mol. The van der Waals surface area contributed by atoms with Crippen molar-refractivity contribution in [1.29, 1.82) is 0 Å². The largest absolute Gasteiger partial charge is 0.394 e. The smallest absolute Gasteiger partial charge is 0.277 e. The lowest BCUT2D eigenvalue weighted by atomic mass is 10.1. The van der Waals surface area contributed by atoms with Gasteiger partial charge >= 0.3 is 0 Å². The Labute approximate surface area is 147 Å². The number of benzene rings is 2. The second kappa shape index (κ2) is 8.57. The molecule has 8 heteroatoms. The number of rotatable bonds is 7. The van der Waals surface area contributed by atoms with Gasteiger partial charge in [-0.3, -0.25) is 9.63 Å².